The van der Waals surface area contributed by atoms with Gasteiger partial charge >= 0.3 is 5.97 Å². The second-order valence-electron chi connectivity index (χ2n) is 5.28. The van der Waals surface area contributed by atoms with Crippen molar-refractivity contribution in [2.75, 3.05) is 0 Å². The third-order valence-corrected chi connectivity index (χ3v) is 3.89. The molecule has 4 nitrogen and oxygen atoms in total. The van der Waals surface area contributed by atoms with Crippen molar-refractivity contribution in [1.82, 2.24) is 5.32 Å². The van der Waals surface area contributed by atoms with Crippen molar-refractivity contribution in [3.63, 3.8) is 0 Å². The lowest BCUT2D eigenvalue weighted by molar-refractivity contribution is -0.140. The fourth-order valence-electron chi connectivity index (χ4n) is 2.26. The molecule has 2 rings (SSSR count). The summed E-state index contributed by atoms with van der Waals surface area (Å²) < 4.78 is 0. The first-order chi connectivity index (χ1) is 9.00. The van der Waals surface area contributed by atoms with Crippen LogP contribution in [0.5, 0.6) is 0 Å². The van der Waals surface area contributed by atoms with Gasteiger partial charge < -0.3 is 10.4 Å². The maximum absolute atomic E-state index is 11.9. The molecule has 102 valence electrons. The van der Waals surface area contributed by atoms with Crippen molar-refractivity contribution >= 4 is 11.9 Å². The van der Waals surface area contributed by atoms with Gasteiger partial charge in [-0.25, -0.2) is 0 Å². The molecule has 0 aliphatic heterocycles. The number of amides is 1. The fourth-order valence-corrected chi connectivity index (χ4v) is 2.26. The van der Waals surface area contributed by atoms with Gasteiger partial charge in [-0.05, 0) is 18.9 Å². The van der Waals surface area contributed by atoms with Gasteiger partial charge in [0.25, 0.3) is 0 Å². The molecular formula is C15H19NO3. The molecule has 4 atom stereocenters. The van der Waals surface area contributed by atoms with Crippen molar-refractivity contribution < 1.29 is 14.7 Å². The Morgan fingerprint density at radius 3 is 2.37 bits per heavy atom. The molecule has 1 aliphatic carbocycles. The average Bonchev–Trinajstić information content (AvgIpc) is 3.19. The van der Waals surface area contributed by atoms with Gasteiger partial charge in [-0.2, -0.15) is 0 Å². The molecule has 0 spiro atoms. The Morgan fingerprint density at radius 1 is 1.21 bits per heavy atom. The molecule has 1 saturated carbocycles. The molecule has 1 aromatic carbocycles. The monoisotopic (exact) mass is 261 g/mol. The van der Waals surface area contributed by atoms with Crippen LogP contribution in [0, 0.1) is 11.8 Å². The summed E-state index contributed by atoms with van der Waals surface area (Å²) in [5, 5.41) is 11.7. The SMILES string of the molecule is C[C@H](NC(=O)[C@@H]1C[C@H]1C(=O)O)[C@H](C)c1ccccc1. The highest BCUT2D eigenvalue weighted by Crippen LogP contribution is 2.39. The van der Waals surface area contributed by atoms with Crippen molar-refractivity contribution in [2.24, 2.45) is 11.8 Å². The molecule has 1 aliphatic rings. The summed E-state index contributed by atoms with van der Waals surface area (Å²) >= 11 is 0. The second kappa shape index (κ2) is 5.43. The van der Waals surface area contributed by atoms with Crippen molar-refractivity contribution in [3.8, 4) is 0 Å². The molecule has 1 aromatic rings. The van der Waals surface area contributed by atoms with Gasteiger partial charge in [-0.15, -0.1) is 0 Å². The zero-order valence-corrected chi connectivity index (χ0v) is 11.2. The lowest BCUT2D eigenvalue weighted by Gasteiger charge is -2.21. The highest BCUT2D eigenvalue weighted by Gasteiger charge is 2.48. The van der Waals surface area contributed by atoms with E-state index < -0.39 is 11.9 Å². The standard InChI is InChI=1S/C15H19NO3/c1-9(11-6-4-3-5-7-11)10(2)16-14(17)12-8-13(12)15(18)19/h3-7,9-10,12-13H,8H2,1-2H3,(H,16,17)(H,18,19)/t9-,10-,12+,13+/m0/s1. The maximum atomic E-state index is 11.9. The third kappa shape index (κ3) is 3.13. The summed E-state index contributed by atoms with van der Waals surface area (Å²) in [6.07, 6.45) is 0.466. The van der Waals surface area contributed by atoms with E-state index in [0.717, 1.165) is 0 Å². The highest BCUT2D eigenvalue weighted by atomic mass is 16.4. The van der Waals surface area contributed by atoms with Crippen molar-refractivity contribution in [2.45, 2.75) is 32.2 Å². The number of benzene rings is 1. The van der Waals surface area contributed by atoms with Crippen LogP contribution in [0.1, 0.15) is 31.7 Å². The van der Waals surface area contributed by atoms with E-state index in [-0.39, 0.29) is 23.8 Å². The highest BCUT2D eigenvalue weighted by molar-refractivity contribution is 5.89. The van der Waals surface area contributed by atoms with E-state index in [1.165, 1.54) is 5.56 Å². The molecule has 4 heteroatoms. The number of rotatable bonds is 5. The Bertz CT molecular complexity index is 472. The number of carboxylic acid groups (broad SMARTS) is 1. The second-order valence-corrected chi connectivity index (χ2v) is 5.28. The van der Waals surface area contributed by atoms with Crippen LogP contribution in [-0.2, 0) is 9.59 Å². The largest absolute Gasteiger partial charge is 0.481 e. The number of carbonyl (C=O) groups is 2. The van der Waals surface area contributed by atoms with Crippen molar-refractivity contribution in [3.05, 3.63) is 35.9 Å². The van der Waals surface area contributed by atoms with Gasteiger partial charge in [0.05, 0.1) is 11.8 Å². The first-order valence-electron chi connectivity index (χ1n) is 6.59. The Labute approximate surface area is 112 Å². The van der Waals surface area contributed by atoms with E-state index >= 15 is 0 Å². The molecule has 0 heterocycles. The summed E-state index contributed by atoms with van der Waals surface area (Å²) in [6, 6.07) is 9.96. The predicted molar refractivity (Wildman–Crippen MR) is 71.7 cm³/mol. The van der Waals surface area contributed by atoms with Crippen LogP contribution in [0.4, 0.5) is 0 Å². The van der Waals surface area contributed by atoms with Crippen LogP contribution in [0.15, 0.2) is 30.3 Å². The molecular weight excluding hydrogens is 242 g/mol. The van der Waals surface area contributed by atoms with Crippen LogP contribution < -0.4 is 5.32 Å². The minimum absolute atomic E-state index is 0.00931. The van der Waals surface area contributed by atoms with Crippen molar-refractivity contribution in [1.29, 1.82) is 0 Å². The van der Waals surface area contributed by atoms with Gasteiger partial charge in [0.2, 0.25) is 5.91 Å². The lowest BCUT2D eigenvalue weighted by atomic mass is 9.94. The summed E-state index contributed by atoms with van der Waals surface area (Å²) in [6.45, 7) is 4.01. The number of carbonyl (C=O) groups excluding carboxylic acids is 1. The van der Waals surface area contributed by atoms with E-state index in [0.29, 0.717) is 6.42 Å². The van der Waals surface area contributed by atoms with E-state index in [1.807, 2.05) is 37.3 Å². The van der Waals surface area contributed by atoms with E-state index in [1.54, 1.807) is 0 Å². The van der Waals surface area contributed by atoms with E-state index in [4.69, 9.17) is 5.11 Å². The molecule has 0 aromatic heterocycles. The molecule has 1 fully saturated rings. The Balaban J connectivity index is 1.89. The number of hydrogen-bond acceptors (Lipinski definition) is 2. The van der Waals surface area contributed by atoms with E-state index in [9.17, 15) is 9.59 Å². The number of nitrogens with one attached hydrogen (secondary N) is 1. The first kappa shape index (κ1) is 13.6. The van der Waals surface area contributed by atoms with Gasteiger partial charge in [0, 0.05) is 12.0 Å². The minimum Gasteiger partial charge on any atom is -0.481 e. The third-order valence-electron chi connectivity index (χ3n) is 3.89. The molecule has 0 saturated heterocycles. The average molecular weight is 261 g/mol. The molecule has 0 unspecified atom stereocenters. The first-order valence-corrected chi connectivity index (χ1v) is 6.59. The van der Waals surface area contributed by atoms with Crippen LogP contribution in [0.3, 0.4) is 0 Å². The van der Waals surface area contributed by atoms with Gasteiger partial charge in [-0.3, -0.25) is 9.59 Å². The Kier molecular flexibility index (Phi) is 3.88. The van der Waals surface area contributed by atoms with Gasteiger partial charge in [-0.1, -0.05) is 37.3 Å². The summed E-state index contributed by atoms with van der Waals surface area (Å²) in [7, 11) is 0. The number of carboxylic acids is 1. The van der Waals surface area contributed by atoms with Crippen LogP contribution in [0.25, 0.3) is 0 Å². The van der Waals surface area contributed by atoms with Crippen LogP contribution >= 0.6 is 0 Å². The molecule has 1 amide bonds. The Hall–Kier alpha value is -1.84. The van der Waals surface area contributed by atoms with Crippen LogP contribution in [0.2, 0.25) is 0 Å². The molecule has 2 N–H and O–H groups in total. The molecule has 19 heavy (non-hydrogen) atoms. The summed E-state index contributed by atoms with van der Waals surface area (Å²) in [4.78, 5) is 22.6. The molecule has 0 bridgehead atoms. The number of aliphatic carboxylic acids is 1. The Morgan fingerprint density at radius 2 is 1.84 bits per heavy atom. The maximum Gasteiger partial charge on any atom is 0.307 e. The molecule has 0 radical (unpaired) electrons. The fraction of sp³-hybridized carbons (Fsp3) is 0.467. The minimum atomic E-state index is -0.871. The van der Waals surface area contributed by atoms with E-state index in [2.05, 4.69) is 12.2 Å². The summed E-state index contributed by atoms with van der Waals surface area (Å²) in [5.41, 5.74) is 1.17. The predicted octanol–water partition coefficient (Wildman–Crippen LogP) is 2.02. The zero-order chi connectivity index (χ0) is 14.0. The van der Waals surface area contributed by atoms with Crippen LogP contribution in [-0.4, -0.2) is 23.0 Å². The smallest absolute Gasteiger partial charge is 0.307 e. The quantitative estimate of drug-likeness (QED) is 0.852. The topological polar surface area (TPSA) is 66.4 Å². The zero-order valence-electron chi connectivity index (χ0n) is 11.2. The van der Waals surface area contributed by atoms with Gasteiger partial charge in [0.1, 0.15) is 0 Å². The summed E-state index contributed by atoms with van der Waals surface area (Å²) in [5.74, 6) is -1.64. The normalized spacial score (nSPS) is 24.3. The number of hydrogen-bond donors (Lipinski definition) is 2. The van der Waals surface area contributed by atoms with Gasteiger partial charge in [0.15, 0.2) is 0 Å². The lowest BCUT2D eigenvalue weighted by Crippen LogP contribution is -2.37.